The highest BCUT2D eigenvalue weighted by Gasteiger charge is 2.89. The van der Waals surface area contributed by atoms with Crippen molar-refractivity contribution in [1.29, 1.82) is 0 Å². The summed E-state index contributed by atoms with van der Waals surface area (Å²) in [4.78, 5) is 0. The molecule has 0 amide bonds. The molecule has 8 unspecified atom stereocenters. The first kappa shape index (κ1) is 13.3. The lowest BCUT2D eigenvalue weighted by Crippen LogP contribution is -2.87. The van der Waals surface area contributed by atoms with Gasteiger partial charge in [-0.05, 0) is 121 Å². The van der Waals surface area contributed by atoms with E-state index in [1.54, 1.807) is 12.8 Å². The molecule has 13 aliphatic rings. The Morgan fingerprint density at radius 1 is 0.500 bits per heavy atom. The molecular formula is C26H28. The number of hydrogen-bond donors (Lipinski definition) is 0. The van der Waals surface area contributed by atoms with Crippen LogP contribution in [0.15, 0.2) is 0 Å². The molecule has 0 nitrogen and oxygen atoms in total. The second-order valence-corrected chi connectivity index (χ2v) is 13.0. The SMILES string of the molecule is C#CC12CC3C4CC56CC7(C#C)CC8C9CC(C1)(C3C85)C(C4C2)C6C9C7. The van der Waals surface area contributed by atoms with E-state index in [1.807, 2.05) is 0 Å². The van der Waals surface area contributed by atoms with Crippen molar-refractivity contribution in [3.8, 4) is 24.7 Å². The van der Waals surface area contributed by atoms with Crippen molar-refractivity contribution in [2.45, 2.75) is 51.4 Å². The predicted molar refractivity (Wildman–Crippen MR) is 99.2 cm³/mol. The lowest BCUT2D eigenvalue weighted by atomic mass is 9.12. The Morgan fingerprint density at radius 2 is 0.846 bits per heavy atom. The van der Waals surface area contributed by atoms with Crippen LogP contribution in [0.5, 0.6) is 0 Å². The summed E-state index contributed by atoms with van der Waals surface area (Å²) in [6.07, 6.45) is 24.1. The molecular weight excluding hydrogens is 312 g/mol. The van der Waals surface area contributed by atoms with Gasteiger partial charge in [0.15, 0.2) is 0 Å². The smallest absolute Gasteiger partial charge is 0.0323 e. The van der Waals surface area contributed by atoms with Gasteiger partial charge < -0.3 is 0 Å². The Hall–Kier alpha value is -0.880. The fourth-order valence-electron chi connectivity index (χ4n) is 14.0. The molecule has 26 heavy (non-hydrogen) atoms. The third kappa shape index (κ3) is 0.916. The average molecular weight is 341 g/mol. The maximum atomic E-state index is 6.24. The second-order valence-electron chi connectivity index (χ2n) is 13.0. The largest absolute Gasteiger partial charge is 0.120 e. The van der Waals surface area contributed by atoms with Gasteiger partial charge in [-0.15, -0.1) is 12.8 Å². The van der Waals surface area contributed by atoms with Gasteiger partial charge in [-0.25, -0.2) is 0 Å². The lowest BCUT2D eigenvalue weighted by Gasteiger charge is -2.92. The van der Waals surface area contributed by atoms with Crippen LogP contribution >= 0.6 is 0 Å². The normalized spacial score (nSPS) is 78.8. The maximum Gasteiger partial charge on any atom is 0.0323 e. The Morgan fingerprint density at radius 3 is 1.15 bits per heavy atom. The van der Waals surface area contributed by atoms with Crippen molar-refractivity contribution in [2.75, 3.05) is 0 Å². The zero-order valence-electron chi connectivity index (χ0n) is 15.6. The van der Waals surface area contributed by atoms with E-state index in [0.717, 1.165) is 59.2 Å². The molecule has 0 N–H and O–H groups in total. The van der Waals surface area contributed by atoms with Gasteiger partial charge in [-0.1, -0.05) is 11.8 Å². The quantitative estimate of drug-likeness (QED) is 0.565. The van der Waals surface area contributed by atoms with E-state index in [-0.39, 0.29) is 0 Å². The third-order valence-corrected chi connectivity index (χ3v) is 13.2. The van der Waals surface area contributed by atoms with Crippen LogP contribution in [0, 0.1) is 106 Å². The van der Waals surface area contributed by atoms with Crippen molar-refractivity contribution < 1.29 is 0 Å². The molecule has 13 fully saturated rings. The first-order chi connectivity index (χ1) is 12.6. The highest BCUT2D eigenvalue weighted by molar-refractivity contribution is 5.40. The monoisotopic (exact) mass is 340 g/mol. The highest BCUT2D eigenvalue weighted by atomic mass is 14.9. The number of hydrogen-bond acceptors (Lipinski definition) is 0. The van der Waals surface area contributed by atoms with E-state index in [9.17, 15) is 0 Å². The first-order valence-corrected chi connectivity index (χ1v) is 11.6. The van der Waals surface area contributed by atoms with Crippen molar-refractivity contribution in [2.24, 2.45) is 80.8 Å². The van der Waals surface area contributed by atoms with Gasteiger partial charge in [0.25, 0.3) is 0 Å². The summed E-state index contributed by atoms with van der Waals surface area (Å²) >= 11 is 0. The fraction of sp³-hybridized carbons (Fsp3) is 0.846. The molecule has 0 aromatic carbocycles. The summed E-state index contributed by atoms with van der Waals surface area (Å²) in [7, 11) is 0. The van der Waals surface area contributed by atoms with Gasteiger partial charge in [0.05, 0.1) is 0 Å². The minimum atomic E-state index is 0.312. The van der Waals surface area contributed by atoms with Crippen molar-refractivity contribution in [3.05, 3.63) is 0 Å². The standard InChI is InChI=1S/C26H28/c1-3-23-5-15-13-10-26-12-24(4-2)7-17-14-9-25(11-23,19(15)21(17)26)20(16(13)6-23)22(26)18(14)8-24/h1-2,13-22H,5-12H2. The third-order valence-electron chi connectivity index (χ3n) is 13.2. The molecule has 13 aliphatic carbocycles. The maximum absolute atomic E-state index is 6.24. The van der Waals surface area contributed by atoms with Crippen LogP contribution in [0.2, 0.25) is 0 Å². The van der Waals surface area contributed by atoms with Crippen LogP contribution in [0.25, 0.3) is 0 Å². The van der Waals surface area contributed by atoms with Gasteiger partial charge >= 0.3 is 0 Å². The summed E-state index contributed by atoms with van der Waals surface area (Å²) < 4.78 is 0. The van der Waals surface area contributed by atoms with Gasteiger partial charge in [-0.2, -0.15) is 0 Å². The topological polar surface area (TPSA) is 0 Å². The summed E-state index contributed by atoms with van der Waals surface area (Å²) in [6, 6.07) is 0. The van der Waals surface area contributed by atoms with Gasteiger partial charge in [0, 0.05) is 10.8 Å². The first-order valence-electron chi connectivity index (χ1n) is 11.6. The molecule has 0 aromatic heterocycles. The van der Waals surface area contributed by atoms with Crippen molar-refractivity contribution in [3.63, 3.8) is 0 Å². The lowest BCUT2D eigenvalue weighted by molar-refractivity contribution is -0.441. The van der Waals surface area contributed by atoms with Gasteiger partial charge in [0.1, 0.15) is 0 Å². The Labute approximate surface area is 157 Å². The Kier molecular flexibility index (Phi) is 1.66. The molecule has 2 spiro atoms. The fourth-order valence-corrected chi connectivity index (χ4v) is 14.0. The predicted octanol–water partition coefficient (Wildman–Crippen LogP) is 4.60. The Balaban J connectivity index is 1.36. The molecule has 0 heteroatoms. The van der Waals surface area contributed by atoms with E-state index < -0.39 is 0 Å². The van der Waals surface area contributed by atoms with Crippen molar-refractivity contribution in [1.82, 2.24) is 0 Å². The number of rotatable bonds is 0. The van der Waals surface area contributed by atoms with Gasteiger partial charge in [-0.3, -0.25) is 0 Å². The van der Waals surface area contributed by atoms with E-state index in [4.69, 9.17) is 12.8 Å². The highest BCUT2D eigenvalue weighted by Crippen LogP contribution is 2.94. The molecule has 132 valence electrons. The molecule has 0 saturated heterocycles. The minimum Gasteiger partial charge on any atom is -0.120 e. The van der Waals surface area contributed by atoms with E-state index in [1.165, 1.54) is 38.5 Å². The molecule has 0 radical (unpaired) electrons. The van der Waals surface area contributed by atoms with Crippen LogP contribution in [-0.4, -0.2) is 0 Å². The van der Waals surface area contributed by atoms with E-state index in [0.29, 0.717) is 21.7 Å². The second kappa shape index (κ2) is 3.24. The zero-order valence-corrected chi connectivity index (χ0v) is 15.6. The molecule has 0 aliphatic heterocycles. The molecule has 0 heterocycles. The van der Waals surface area contributed by atoms with Crippen molar-refractivity contribution >= 4 is 0 Å². The van der Waals surface area contributed by atoms with E-state index in [2.05, 4.69) is 11.8 Å². The Bertz CT molecular complexity index is 778. The molecule has 13 rings (SSSR count). The van der Waals surface area contributed by atoms with Crippen LogP contribution in [0.1, 0.15) is 51.4 Å². The number of terminal acetylenes is 2. The minimum absolute atomic E-state index is 0.312. The summed E-state index contributed by atoms with van der Waals surface area (Å²) in [6.45, 7) is 0. The molecule has 13 saturated carbocycles. The summed E-state index contributed by atoms with van der Waals surface area (Å²) in [5, 5.41) is 0. The molecule has 8 atom stereocenters. The summed E-state index contributed by atoms with van der Waals surface area (Å²) in [5.41, 5.74) is 2.01. The average Bonchev–Trinajstić information content (AvgIpc) is 2.66. The van der Waals surface area contributed by atoms with Crippen LogP contribution in [0.3, 0.4) is 0 Å². The van der Waals surface area contributed by atoms with Gasteiger partial charge in [0.2, 0.25) is 0 Å². The van der Waals surface area contributed by atoms with E-state index >= 15 is 0 Å². The molecule has 14 bridgehead atoms. The van der Waals surface area contributed by atoms with Crippen LogP contribution in [-0.2, 0) is 0 Å². The zero-order chi connectivity index (χ0) is 16.8. The van der Waals surface area contributed by atoms with Crippen LogP contribution < -0.4 is 0 Å². The van der Waals surface area contributed by atoms with Crippen LogP contribution in [0.4, 0.5) is 0 Å². The molecule has 0 aromatic rings. The summed E-state index contributed by atoms with van der Waals surface area (Å²) in [5.74, 6) is 17.2.